The van der Waals surface area contributed by atoms with Crippen molar-refractivity contribution in [2.45, 2.75) is 52.1 Å². The zero-order chi connectivity index (χ0) is 21.5. The van der Waals surface area contributed by atoms with Crippen LogP contribution in [0.1, 0.15) is 57.2 Å². The molecule has 0 spiro atoms. The third kappa shape index (κ3) is 5.50. The van der Waals surface area contributed by atoms with E-state index in [4.69, 9.17) is 9.47 Å². The van der Waals surface area contributed by atoms with Gasteiger partial charge in [-0.05, 0) is 43.0 Å². The molecule has 0 saturated carbocycles. The van der Waals surface area contributed by atoms with Gasteiger partial charge in [0.2, 0.25) is 5.88 Å². The van der Waals surface area contributed by atoms with Crippen molar-refractivity contribution in [3.8, 4) is 17.7 Å². The highest BCUT2D eigenvalue weighted by Gasteiger charge is 2.26. The number of aromatic nitrogens is 1. The molecule has 6 heteroatoms. The SMILES string of the molecule is CCCOc1ccc(N2CCC(Oc3ccc([C@H](C)CC(C)=O)cc3)C2)c(C#N)n1. The average Bonchev–Trinajstić information content (AvgIpc) is 3.20. The Morgan fingerprint density at radius 2 is 2.07 bits per heavy atom. The summed E-state index contributed by atoms with van der Waals surface area (Å²) in [7, 11) is 0. The third-order valence-corrected chi connectivity index (χ3v) is 5.24. The number of rotatable bonds is 9. The molecule has 0 radical (unpaired) electrons. The lowest BCUT2D eigenvalue weighted by atomic mass is 9.96. The minimum Gasteiger partial charge on any atom is -0.489 e. The van der Waals surface area contributed by atoms with Crippen molar-refractivity contribution in [3.05, 3.63) is 47.7 Å². The number of Topliss-reactive ketones (excluding diaryl/α,β-unsaturated/α-hetero) is 1. The second-order valence-electron chi connectivity index (χ2n) is 7.83. The van der Waals surface area contributed by atoms with Gasteiger partial charge >= 0.3 is 0 Å². The van der Waals surface area contributed by atoms with Gasteiger partial charge in [0.15, 0.2) is 5.69 Å². The molecule has 0 amide bonds. The van der Waals surface area contributed by atoms with Crippen LogP contribution in [0.2, 0.25) is 0 Å². The standard InChI is InChI=1S/C24H29N3O3/c1-4-13-29-24-10-9-23(22(15-25)26-24)27-12-11-21(16-27)30-20-7-5-19(6-8-20)17(2)14-18(3)28/h5-10,17,21H,4,11-14,16H2,1-3H3/t17-,21?/m1/s1. The van der Waals surface area contributed by atoms with Gasteiger partial charge in [0, 0.05) is 25.5 Å². The van der Waals surface area contributed by atoms with Gasteiger partial charge in [0.05, 0.1) is 18.8 Å². The van der Waals surface area contributed by atoms with Crippen molar-refractivity contribution in [2.24, 2.45) is 0 Å². The normalized spacial score (nSPS) is 16.7. The van der Waals surface area contributed by atoms with E-state index in [0.29, 0.717) is 31.1 Å². The van der Waals surface area contributed by atoms with Crippen LogP contribution in [0.3, 0.4) is 0 Å². The van der Waals surface area contributed by atoms with Crippen molar-refractivity contribution >= 4 is 11.5 Å². The molecule has 1 aliphatic heterocycles. The zero-order valence-electron chi connectivity index (χ0n) is 17.9. The summed E-state index contributed by atoms with van der Waals surface area (Å²) in [5.41, 5.74) is 2.34. The molecule has 1 aliphatic rings. The third-order valence-electron chi connectivity index (χ3n) is 5.24. The van der Waals surface area contributed by atoms with Crippen LogP contribution in [0.15, 0.2) is 36.4 Å². The Bertz CT molecular complexity index is 905. The number of carbonyl (C=O) groups excluding carboxylic acids is 1. The summed E-state index contributed by atoms with van der Waals surface area (Å²) < 4.78 is 11.7. The fourth-order valence-corrected chi connectivity index (χ4v) is 3.72. The Balaban J connectivity index is 1.60. The monoisotopic (exact) mass is 407 g/mol. The maximum absolute atomic E-state index is 11.3. The number of nitrogens with zero attached hydrogens (tertiary/aromatic N) is 3. The molecule has 1 saturated heterocycles. The first-order valence-corrected chi connectivity index (χ1v) is 10.5. The molecule has 1 unspecified atom stereocenters. The van der Waals surface area contributed by atoms with Gasteiger partial charge in [0.25, 0.3) is 0 Å². The molecule has 1 fully saturated rings. The molecular formula is C24H29N3O3. The minimum atomic E-state index is 0.0491. The molecule has 0 bridgehead atoms. The molecule has 3 rings (SSSR count). The van der Waals surface area contributed by atoms with Gasteiger partial charge in [-0.2, -0.15) is 5.26 Å². The molecule has 0 N–H and O–H groups in total. The molecule has 2 aromatic rings. The van der Waals surface area contributed by atoms with E-state index < -0.39 is 0 Å². The van der Waals surface area contributed by atoms with E-state index in [1.807, 2.05) is 43.3 Å². The highest BCUT2D eigenvalue weighted by atomic mass is 16.5. The van der Waals surface area contributed by atoms with Crippen molar-refractivity contribution < 1.29 is 14.3 Å². The van der Waals surface area contributed by atoms with Crippen molar-refractivity contribution in [1.29, 1.82) is 5.26 Å². The van der Waals surface area contributed by atoms with E-state index in [0.717, 1.165) is 36.4 Å². The van der Waals surface area contributed by atoms with Crippen LogP contribution in [0.5, 0.6) is 11.6 Å². The number of pyridine rings is 1. The van der Waals surface area contributed by atoms with E-state index in [9.17, 15) is 10.1 Å². The largest absolute Gasteiger partial charge is 0.489 e. The minimum absolute atomic E-state index is 0.0491. The quantitative estimate of drug-likeness (QED) is 0.610. The second kappa shape index (κ2) is 10.1. The Morgan fingerprint density at radius 1 is 1.30 bits per heavy atom. The Morgan fingerprint density at radius 3 is 2.73 bits per heavy atom. The van der Waals surface area contributed by atoms with Crippen molar-refractivity contribution in [2.75, 3.05) is 24.6 Å². The molecule has 2 atom stereocenters. The maximum Gasteiger partial charge on any atom is 0.214 e. The van der Waals surface area contributed by atoms with Crippen LogP contribution in [0, 0.1) is 11.3 Å². The Kier molecular flexibility index (Phi) is 7.29. The van der Waals surface area contributed by atoms with E-state index in [-0.39, 0.29) is 17.8 Å². The molecule has 6 nitrogen and oxygen atoms in total. The van der Waals surface area contributed by atoms with Gasteiger partial charge in [-0.25, -0.2) is 4.98 Å². The highest BCUT2D eigenvalue weighted by molar-refractivity contribution is 5.76. The van der Waals surface area contributed by atoms with Gasteiger partial charge in [-0.1, -0.05) is 26.0 Å². The molecule has 2 heterocycles. The molecule has 0 aliphatic carbocycles. The maximum atomic E-state index is 11.3. The zero-order valence-corrected chi connectivity index (χ0v) is 17.9. The summed E-state index contributed by atoms with van der Waals surface area (Å²) >= 11 is 0. The highest BCUT2D eigenvalue weighted by Crippen LogP contribution is 2.28. The predicted molar refractivity (Wildman–Crippen MR) is 116 cm³/mol. The number of carbonyl (C=O) groups is 1. The van der Waals surface area contributed by atoms with Gasteiger partial charge in [0.1, 0.15) is 23.7 Å². The number of hydrogen-bond donors (Lipinski definition) is 0. The fourth-order valence-electron chi connectivity index (χ4n) is 3.72. The first kappa shape index (κ1) is 21.6. The summed E-state index contributed by atoms with van der Waals surface area (Å²) in [6.07, 6.45) is 2.37. The van der Waals surface area contributed by atoms with Gasteiger partial charge < -0.3 is 19.2 Å². The lowest BCUT2D eigenvalue weighted by Crippen LogP contribution is -2.25. The number of hydrogen-bond acceptors (Lipinski definition) is 6. The van der Waals surface area contributed by atoms with Crippen LogP contribution in [-0.4, -0.2) is 36.6 Å². The van der Waals surface area contributed by atoms with Crippen LogP contribution in [0.4, 0.5) is 5.69 Å². The summed E-state index contributed by atoms with van der Waals surface area (Å²) in [4.78, 5) is 17.8. The summed E-state index contributed by atoms with van der Waals surface area (Å²) in [6, 6.07) is 13.9. The van der Waals surface area contributed by atoms with Crippen LogP contribution in [0.25, 0.3) is 0 Å². The van der Waals surface area contributed by atoms with E-state index in [1.54, 1.807) is 6.92 Å². The number of ether oxygens (including phenoxy) is 2. The molecule has 1 aromatic carbocycles. The van der Waals surface area contributed by atoms with Crippen LogP contribution < -0.4 is 14.4 Å². The van der Waals surface area contributed by atoms with Gasteiger partial charge in [-0.15, -0.1) is 0 Å². The van der Waals surface area contributed by atoms with E-state index in [1.165, 1.54) is 0 Å². The van der Waals surface area contributed by atoms with Crippen molar-refractivity contribution in [3.63, 3.8) is 0 Å². The predicted octanol–water partition coefficient (Wildman–Crippen LogP) is 4.48. The number of ketones is 1. The number of benzene rings is 1. The first-order chi connectivity index (χ1) is 14.5. The summed E-state index contributed by atoms with van der Waals surface area (Å²) in [6.45, 7) is 7.82. The van der Waals surface area contributed by atoms with Crippen LogP contribution in [-0.2, 0) is 4.79 Å². The lowest BCUT2D eigenvalue weighted by molar-refractivity contribution is -0.117. The molecule has 1 aromatic heterocycles. The van der Waals surface area contributed by atoms with Crippen LogP contribution >= 0.6 is 0 Å². The van der Waals surface area contributed by atoms with E-state index in [2.05, 4.69) is 22.9 Å². The molecule has 158 valence electrons. The van der Waals surface area contributed by atoms with E-state index >= 15 is 0 Å². The first-order valence-electron chi connectivity index (χ1n) is 10.5. The molecular weight excluding hydrogens is 378 g/mol. The number of nitriles is 1. The summed E-state index contributed by atoms with van der Waals surface area (Å²) in [5.74, 6) is 1.72. The Labute approximate surface area is 178 Å². The fraction of sp³-hybridized carbons (Fsp3) is 0.458. The topological polar surface area (TPSA) is 75.5 Å². The summed E-state index contributed by atoms with van der Waals surface area (Å²) in [5, 5.41) is 9.51. The Hall–Kier alpha value is -3.07. The second-order valence-corrected chi connectivity index (χ2v) is 7.83. The molecule has 30 heavy (non-hydrogen) atoms. The van der Waals surface area contributed by atoms with Gasteiger partial charge in [-0.3, -0.25) is 0 Å². The lowest BCUT2D eigenvalue weighted by Gasteiger charge is -2.20. The average molecular weight is 408 g/mol. The number of anilines is 1. The van der Waals surface area contributed by atoms with Crippen molar-refractivity contribution in [1.82, 2.24) is 4.98 Å². The smallest absolute Gasteiger partial charge is 0.214 e.